The van der Waals surface area contributed by atoms with Crippen LogP contribution in [0.2, 0.25) is 0 Å². The number of hydrogen-bond acceptors (Lipinski definition) is 4. The number of aryl methyl sites for hydroxylation is 1. The molecule has 0 saturated carbocycles. The standard InChI is InChI=1S/C23H21FN4OS/c1-15-21(12-17-6-4-3-5-7-17)16(2)28(27-15)23-26-20(14-30-23)13-22(29)25-19-10-8-18(24)9-11-19/h3-11,14H,12-13H2,1-2H3,(H,25,29). The monoisotopic (exact) mass is 420 g/mol. The van der Waals surface area contributed by atoms with Crippen molar-refractivity contribution in [2.45, 2.75) is 26.7 Å². The molecule has 2 aromatic heterocycles. The molecule has 0 atom stereocenters. The highest BCUT2D eigenvalue weighted by Crippen LogP contribution is 2.23. The van der Waals surface area contributed by atoms with Crippen LogP contribution in [0.1, 0.15) is 28.2 Å². The van der Waals surface area contributed by atoms with Gasteiger partial charge >= 0.3 is 0 Å². The summed E-state index contributed by atoms with van der Waals surface area (Å²) in [5, 5.41) is 10.0. The van der Waals surface area contributed by atoms with Gasteiger partial charge in [0.15, 0.2) is 0 Å². The molecule has 1 amide bonds. The Balaban J connectivity index is 1.48. The van der Waals surface area contributed by atoms with Gasteiger partial charge in [0, 0.05) is 28.7 Å². The van der Waals surface area contributed by atoms with E-state index in [0.29, 0.717) is 11.4 Å². The Morgan fingerprint density at radius 3 is 2.57 bits per heavy atom. The number of benzene rings is 2. The van der Waals surface area contributed by atoms with Crippen LogP contribution in [0.15, 0.2) is 60.0 Å². The lowest BCUT2D eigenvalue weighted by molar-refractivity contribution is -0.115. The number of anilines is 1. The summed E-state index contributed by atoms with van der Waals surface area (Å²) in [7, 11) is 0. The molecule has 152 valence electrons. The Hall–Kier alpha value is -3.32. The summed E-state index contributed by atoms with van der Waals surface area (Å²) in [6.45, 7) is 4.05. The van der Waals surface area contributed by atoms with Gasteiger partial charge in [0.2, 0.25) is 11.0 Å². The minimum Gasteiger partial charge on any atom is -0.326 e. The predicted molar refractivity (Wildman–Crippen MR) is 117 cm³/mol. The number of carbonyl (C=O) groups excluding carboxylic acids is 1. The summed E-state index contributed by atoms with van der Waals surface area (Å²) >= 11 is 1.46. The van der Waals surface area contributed by atoms with Crippen LogP contribution in [-0.4, -0.2) is 20.7 Å². The molecular weight excluding hydrogens is 399 g/mol. The highest BCUT2D eigenvalue weighted by Gasteiger charge is 2.16. The van der Waals surface area contributed by atoms with Crippen LogP contribution in [-0.2, 0) is 17.6 Å². The first-order valence-corrected chi connectivity index (χ1v) is 10.5. The topological polar surface area (TPSA) is 59.8 Å². The van der Waals surface area contributed by atoms with E-state index in [0.717, 1.165) is 22.9 Å². The SMILES string of the molecule is Cc1nn(-c2nc(CC(=O)Nc3ccc(F)cc3)cs2)c(C)c1Cc1ccccc1. The first-order chi connectivity index (χ1) is 14.5. The molecule has 0 fully saturated rings. The Morgan fingerprint density at radius 1 is 1.10 bits per heavy atom. The maximum Gasteiger partial charge on any atom is 0.230 e. The van der Waals surface area contributed by atoms with E-state index in [1.54, 1.807) is 0 Å². The number of thiazole rings is 1. The zero-order valence-corrected chi connectivity index (χ0v) is 17.5. The summed E-state index contributed by atoms with van der Waals surface area (Å²) in [6, 6.07) is 16.0. The van der Waals surface area contributed by atoms with Crippen molar-refractivity contribution >= 4 is 22.9 Å². The highest BCUT2D eigenvalue weighted by molar-refractivity contribution is 7.12. The predicted octanol–water partition coefficient (Wildman–Crippen LogP) is 4.86. The van der Waals surface area contributed by atoms with Gasteiger partial charge in [0.1, 0.15) is 5.82 Å². The van der Waals surface area contributed by atoms with E-state index in [2.05, 4.69) is 27.5 Å². The number of hydrogen-bond donors (Lipinski definition) is 1. The summed E-state index contributed by atoms with van der Waals surface area (Å²) in [5.41, 5.74) is 5.68. The van der Waals surface area contributed by atoms with Gasteiger partial charge in [-0.15, -0.1) is 11.3 Å². The molecule has 0 bridgehead atoms. The molecule has 0 saturated heterocycles. The third-order valence-electron chi connectivity index (χ3n) is 4.86. The number of aromatic nitrogens is 3. The largest absolute Gasteiger partial charge is 0.326 e. The molecule has 0 spiro atoms. The summed E-state index contributed by atoms with van der Waals surface area (Å²) in [4.78, 5) is 16.9. The van der Waals surface area contributed by atoms with Gasteiger partial charge in [0.05, 0.1) is 17.8 Å². The molecular formula is C23H21FN4OS. The van der Waals surface area contributed by atoms with Crippen molar-refractivity contribution in [3.63, 3.8) is 0 Å². The average molecular weight is 421 g/mol. The van der Waals surface area contributed by atoms with Gasteiger partial charge in [-0.25, -0.2) is 14.1 Å². The van der Waals surface area contributed by atoms with E-state index in [1.807, 2.05) is 42.1 Å². The minimum atomic E-state index is -0.339. The Kier molecular flexibility index (Phi) is 5.72. The van der Waals surface area contributed by atoms with Crippen molar-refractivity contribution in [2.75, 3.05) is 5.32 Å². The fourth-order valence-electron chi connectivity index (χ4n) is 3.29. The zero-order valence-electron chi connectivity index (χ0n) is 16.7. The molecule has 1 N–H and O–H groups in total. The van der Waals surface area contributed by atoms with Gasteiger partial charge in [-0.05, 0) is 43.7 Å². The first kappa shape index (κ1) is 20.0. The van der Waals surface area contributed by atoms with Crippen molar-refractivity contribution in [3.8, 4) is 5.13 Å². The van der Waals surface area contributed by atoms with Gasteiger partial charge in [-0.3, -0.25) is 4.79 Å². The molecule has 0 radical (unpaired) electrons. The van der Waals surface area contributed by atoms with E-state index in [9.17, 15) is 9.18 Å². The molecule has 0 aliphatic carbocycles. The Bertz CT molecular complexity index is 1170. The number of carbonyl (C=O) groups is 1. The number of rotatable bonds is 6. The maximum atomic E-state index is 13.0. The van der Waals surface area contributed by atoms with Gasteiger partial charge in [-0.2, -0.15) is 5.10 Å². The molecule has 4 rings (SSSR count). The van der Waals surface area contributed by atoms with Crippen LogP contribution in [0, 0.1) is 19.7 Å². The lowest BCUT2D eigenvalue weighted by Crippen LogP contribution is -2.14. The molecule has 7 heteroatoms. The van der Waals surface area contributed by atoms with Crippen molar-refractivity contribution in [2.24, 2.45) is 0 Å². The molecule has 30 heavy (non-hydrogen) atoms. The normalized spacial score (nSPS) is 10.9. The van der Waals surface area contributed by atoms with Gasteiger partial charge < -0.3 is 5.32 Å². The van der Waals surface area contributed by atoms with Crippen molar-refractivity contribution in [1.82, 2.24) is 14.8 Å². The van der Waals surface area contributed by atoms with E-state index in [4.69, 9.17) is 0 Å². The highest BCUT2D eigenvalue weighted by atomic mass is 32.1. The number of amides is 1. The maximum absolute atomic E-state index is 13.0. The third-order valence-corrected chi connectivity index (χ3v) is 5.72. The second-order valence-corrected chi connectivity index (χ2v) is 7.91. The van der Waals surface area contributed by atoms with Crippen LogP contribution in [0.3, 0.4) is 0 Å². The molecule has 2 heterocycles. The van der Waals surface area contributed by atoms with Gasteiger partial charge in [-0.1, -0.05) is 30.3 Å². The van der Waals surface area contributed by atoms with E-state index in [-0.39, 0.29) is 18.1 Å². The van der Waals surface area contributed by atoms with Crippen LogP contribution >= 0.6 is 11.3 Å². The third kappa shape index (κ3) is 4.46. The van der Waals surface area contributed by atoms with Crippen LogP contribution in [0.4, 0.5) is 10.1 Å². The van der Waals surface area contributed by atoms with Crippen molar-refractivity contribution in [3.05, 3.63) is 94.0 Å². The quantitative estimate of drug-likeness (QED) is 0.485. The molecule has 0 unspecified atom stereocenters. The number of nitrogens with one attached hydrogen (secondary N) is 1. The van der Waals surface area contributed by atoms with Crippen LogP contribution in [0.25, 0.3) is 5.13 Å². The fraction of sp³-hybridized carbons (Fsp3) is 0.174. The smallest absolute Gasteiger partial charge is 0.230 e. The second kappa shape index (κ2) is 8.59. The average Bonchev–Trinajstić information content (AvgIpc) is 3.30. The lowest BCUT2D eigenvalue weighted by Gasteiger charge is -2.04. The van der Waals surface area contributed by atoms with Gasteiger partial charge in [0.25, 0.3) is 0 Å². The fourth-order valence-corrected chi connectivity index (χ4v) is 4.12. The van der Waals surface area contributed by atoms with Crippen molar-refractivity contribution in [1.29, 1.82) is 0 Å². The molecule has 0 aliphatic heterocycles. The molecule has 5 nitrogen and oxygen atoms in total. The number of nitrogens with zero attached hydrogens (tertiary/aromatic N) is 3. The summed E-state index contributed by atoms with van der Waals surface area (Å²) in [6.07, 6.45) is 0.959. The van der Waals surface area contributed by atoms with E-state index >= 15 is 0 Å². The number of halogens is 1. The Labute approximate surface area is 178 Å². The van der Waals surface area contributed by atoms with Crippen molar-refractivity contribution < 1.29 is 9.18 Å². The lowest BCUT2D eigenvalue weighted by atomic mass is 10.0. The molecule has 2 aromatic carbocycles. The van der Waals surface area contributed by atoms with Crippen LogP contribution in [0.5, 0.6) is 0 Å². The summed E-state index contributed by atoms with van der Waals surface area (Å²) < 4.78 is 14.8. The molecule has 4 aromatic rings. The minimum absolute atomic E-state index is 0.143. The van der Waals surface area contributed by atoms with Crippen LogP contribution < -0.4 is 5.32 Å². The second-order valence-electron chi connectivity index (χ2n) is 7.08. The van der Waals surface area contributed by atoms with E-state index < -0.39 is 0 Å². The zero-order chi connectivity index (χ0) is 21.1. The first-order valence-electron chi connectivity index (χ1n) is 9.59. The van der Waals surface area contributed by atoms with E-state index in [1.165, 1.54) is 46.7 Å². The Morgan fingerprint density at radius 2 is 1.83 bits per heavy atom. The molecule has 0 aliphatic rings. The summed E-state index contributed by atoms with van der Waals surface area (Å²) in [5.74, 6) is -0.537.